The number of thiazole rings is 1. The highest BCUT2D eigenvalue weighted by Crippen LogP contribution is 2.13. The first-order valence-electron chi connectivity index (χ1n) is 6.70. The van der Waals surface area contributed by atoms with Gasteiger partial charge in [0.15, 0.2) is 10.8 Å². The Bertz CT molecular complexity index is 729. The van der Waals surface area contributed by atoms with Crippen LogP contribution in [0.1, 0.15) is 12.1 Å². The van der Waals surface area contributed by atoms with E-state index in [-0.39, 0.29) is 41.0 Å². The highest BCUT2D eigenvalue weighted by atomic mass is 32.2. The van der Waals surface area contributed by atoms with Crippen molar-refractivity contribution in [1.29, 1.82) is 0 Å². The number of nitrogen functional groups attached to an aromatic ring is 1. The number of carbonyl (C=O) groups is 2. The second-order valence-electron chi connectivity index (χ2n) is 4.57. The molecule has 1 aromatic rings. The predicted molar refractivity (Wildman–Crippen MR) is 89.6 cm³/mol. The van der Waals surface area contributed by atoms with E-state index in [1.807, 2.05) is 0 Å². The molecule has 1 aliphatic heterocycles. The van der Waals surface area contributed by atoms with E-state index in [0.29, 0.717) is 0 Å². The van der Waals surface area contributed by atoms with Crippen LogP contribution in [0.15, 0.2) is 15.5 Å². The predicted octanol–water partition coefficient (Wildman–Crippen LogP) is -0.804. The number of nitrogens with zero attached hydrogens (tertiary/aromatic N) is 3. The summed E-state index contributed by atoms with van der Waals surface area (Å²) >= 11 is 1.14. The lowest BCUT2D eigenvalue weighted by Crippen LogP contribution is -2.41. The van der Waals surface area contributed by atoms with Gasteiger partial charge in [-0.15, -0.1) is 11.3 Å². The zero-order valence-corrected chi connectivity index (χ0v) is 14.2. The van der Waals surface area contributed by atoms with Crippen molar-refractivity contribution < 1.29 is 23.7 Å². The van der Waals surface area contributed by atoms with Gasteiger partial charge in [0.1, 0.15) is 23.9 Å². The van der Waals surface area contributed by atoms with Crippen molar-refractivity contribution in [1.82, 2.24) is 10.3 Å². The number of aliphatic imine (C=N–C) groups is 1. The lowest BCUT2D eigenvalue weighted by Gasteiger charge is -2.18. The van der Waals surface area contributed by atoms with Crippen LogP contribution in [0.2, 0.25) is 0 Å². The summed E-state index contributed by atoms with van der Waals surface area (Å²) in [6.45, 7) is -0.0927. The van der Waals surface area contributed by atoms with E-state index in [1.54, 1.807) is 5.38 Å². The van der Waals surface area contributed by atoms with Crippen LogP contribution in [-0.2, 0) is 25.2 Å². The molecule has 0 radical (unpaired) electrons. The van der Waals surface area contributed by atoms with E-state index in [1.165, 1.54) is 7.11 Å². The Labute approximate surface area is 143 Å². The summed E-state index contributed by atoms with van der Waals surface area (Å²) < 4.78 is 11.9. The Morgan fingerprint density at radius 2 is 2.38 bits per heavy atom. The number of carboxylic acid groups (broad SMARTS) is 1. The fourth-order valence-electron chi connectivity index (χ4n) is 1.89. The number of hydrogen-bond donors (Lipinski definition) is 3. The topological polar surface area (TPSA) is 156 Å². The maximum absolute atomic E-state index is 12.2. The summed E-state index contributed by atoms with van der Waals surface area (Å²) in [5.74, 6) is -1.58. The maximum atomic E-state index is 12.2. The van der Waals surface area contributed by atoms with E-state index in [4.69, 9.17) is 10.8 Å². The fourth-order valence-corrected chi connectivity index (χ4v) is 3.62. The largest absolute Gasteiger partial charge is 0.477 e. The van der Waals surface area contributed by atoms with Crippen LogP contribution in [-0.4, -0.2) is 62.4 Å². The van der Waals surface area contributed by atoms with Gasteiger partial charge in [-0.1, -0.05) is 5.16 Å². The molecule has 24 heavy (non-hydrogen) atoms. The standard InChI is InChI=1S/C12H15N5O5S2/c1-22-17-9(7-5-23-12(13)16-7)10(18)14-4-8-15-6(11(19)20)2-3-24(8)21/h5,8H,2-4H2,1H3,(H2,13,16)(H,14,18)(H,19,20)/b17-9-/t8-,24?/m1/s1. The van der Waals surface area contributed by atoms with Crippen LogP contribution in [0.4, 0.5) is 5.13 Å². The van der Waals surface area contributed by atoms with Crippen LogP contribution in [0.5, 0.6) is 0 Å². The van der Waals surface area contributed by atoms with Crippen molar-refractivity contribution >= 4 is 50.6 Å². The van der Waals surface area contributed by atoms with E-state index in [9.17, 15) is 13.8 Å². The number of oxime groups is 1. The number of anilines is 1. The monoisotopic (exact) mass is 373 g/mol. The molecule has 2 heterocycles. The summed E-state index contributed by atoms with van der Waals surface area (Å²) in [5.41, 5.74) is 5.64. The number of aliphatic carboxylic acids is 1. The summed E-state index contributed by atoms with van der Waals surface area (Å²) in [4.78, 5) is 35.7. The van der Waals surface area contributed by atoms with Gasteiger partial charge < -0.3 is 21.0 Å². The normalized spacial score (nSPS) is 21.0. The molecule has 1 amide bonds. The van der Waals surface area contributed by atoms with Crippen molar-refractivity contribution in [3.63, 3.8) is 0 Å². The van der Waals surface area contributed by atoms with Crippen LogP contribution in [0.3, 0.4) is 0 Å². The Balaban J connectivity index is 2.08. The van der Waals surface area contributed by atoms with Gasteiger partial charge >= 0.3 is 5.97 Å². The van der Waals surface area contributed by atoms with Crippen molar-refractivity contribution in [3.05, 3.63) is 11.1 Å². The first kappa shape index (κ1) is 18.0. The smallest absolute Gasteiger partial charge is 0.349 e. The molecule has 0 bridgehead atoms. The Morgan fingerprint density at radius 3 is 2.96 bits per heavy atom. The number of aromatic nitrogens is 1. The minimum atomic E-state index is -1.36. The van der Waals surface area contributed by atoms with E-state index in [2.05, 4.69) is 25.3 Å². The molecule has 0 aliphatic carbocycles. The third kappa shape index (κ3) is 4.35. The van der Waals surface area contributed by atoms with Gasteiger partial charge in [-0.05, 0) is 0 Å². The summed E-state index contributed by atoms with van der Waals surface area (Å²) in [5, 5.41) is 16.1. The molecule has 0 saturated carbocycles. The van der Waals surface area contributed by atoms with Crippen LogP contribution < -0.4 is 11.1 Å². The van der Waals surface area contributed by atoms with Crippen molar-refractivity contribution in [2.24, 2.45) is 10.1 Å². The Kier molecular flexibility index (Phi) is 5.98. The van der Waals surface area contributed by atoms with Gasteiger partial charge in [-0.25, -0.2) is 9.78 Å². The lowest BCUT2D eigenvalue weighted by molar-refractivity contribution is -0.129. The quantitative estimate of drug-likeness (QED) is 0.435. The molecule has 0 fully saturated rings. The molecule has 4 N–H and O–H groups in total. The molecule has 1 unspecified atom stereocenters. The van der Waals surface area contributed by atoms with E-state index >= 15 is 0 Å². The summed E-state index contributed by atoms with van der Waals surface area (Å²) in [7, 11) is -0.0788. The molecule has 130 valence electrons. The highest BCUT2D eigenvalue weighted by molar-refractivity contribution is 7.85. The fraction of sp³-hybridized carbons (Fsp3) is 0.417. The number of carbonyl (C=O) groups excluding carboxylic acids is 1. The third-order valence-electron chi connectivity index (χ3n) is 2.99. The number of nitrogens with two attached hydrogens (primary N) is 1. The van der Waals surface area contributed by atoms with Crippen molar-refractivity contribution in [2.75, 3.05) is 25.1 Å². The molecule has 2 atom stereocenters. The SMILES string of the molecule is CO/N=C(\C(=O)NC[C@@H]1N=C(C(=O)O)CCS1=O)c1csc(N)n1. The number of rotatable bonds is 6. The maximum Gasteiger partial charge on any atom is 0.349 e. The summed E-state index contributed by atoms with van der Waals surface area (Å²) in [6, 6.07) is 0. The van der Waals surface area contributed by atoms with E-state index in [0.717, 1.165) is 11.3 Å². The molecule has 10 nitrogen and oxygen atoms in total. The minimum absolute atomic E-state index is 0.0492. The number of hydrogen-bond acceptors (Lipinski definition) is 9. The van der Waals surface area contributed by atoms with Gasteiger partial charge in [0.25, 0.3) is 5.91 Å². The second kappa shape index (κ2) is 7.97. The highest BCUT2D eigenvalue weighted by Gasteiger charge is 2.27. The molecule has 1 aromatic heterocycles. The van der Waals surface area contributed by atoms with Crippen molar-refractivity contribution in [2.45, 2.75) is 11.8 Å². The second-order valence-corrected chi connectivity index (χ2v) is 7.18. The molecule has 0 aromatic carbocycles. The Hall–Kier alpha value is -2.34. The zero-order valence-electron chi connectivity index (χ0n) is 12.6. The number of amides is 1. The van der Waals surface area contributed by atoms with Gasteiger partial charge in [0.05, 0.1) is 6.54 Å². The lowest BCUT2D eigenvalue weighted by atomic mass is 10.2. The molecule has 12 heteroatoms. The van der Waals surface area contributed by atoms with Crippen LogP contribution >= 0.6 is 11.3 Å². The minimum Gasteiger partial charge on any atom is -0.477 e. The van der Waals surface area contributed by atoms with Crippen LogP contribution in [0, 0.1) is 0 Å². The zero-order chi connectivity index (χ0) is 17.7. The molecular formula is C12H15N5O5S2. The molecule has 1 aliphatic rings. The average molecular weight is 373 g/mol. The van der Waals surface area contributed by atoms with E-state index < -0.39 is 28.0 Å². The van der Waals surface area contributed by atoms with Crippen LogP contribution in [0.25, 0.3) is 0 Å². The number of nitrogens with one attached hydrogen (secondary N) is 1. The van der Waals surface area contributed by atoms with Crippen molar-refractivity contribution in [3.8, 4) is 0 Å². The van der Waals surface area contributed by atoms with Gasteiger partial charge in [-0.2, -0.15) is 0 Å². The molecule has 2 rings (SSSR count). The third-order valence-corrected chi connectivity index (χ3v) is 5.15. The Morgan fingerprint density at radius 1 is 1.62 bits per heavy atom. The van der Waals surface area contributed by atoms with Gasteiger partial charge in [0.2, 0.25) is 0 Å². The molecule has 0 spiro atoms. The average Bonchev–Trinajstić information content (AvgIpc) is 2.97. The first-order chi connectivity index (χ1) is 11.4. The molecular weight excluding hydrogens is 358 g/mol. The number of carboxylic acids is 1. The van der Waals surface area contributed by atoms with Gasteiger partial charge in [-0.3, -0.25) is 14.0 Å². The first-order valence-corrected chi connectivity index (χ1v) is 8.96. The summed E-state index contributed by atoms with van der Waals surface area (Å²) in [6.07, 6.45) is 0.140. The molecule has 0 saturated heterocycles. The van der Waals surface area contributed by atoms with Gasteiger partial charge in [0, 0.05) is 28.4 Å².